The maximum Gasteiger partial charge on any atom is 0.397 e. The van der Waals surface area contributed by atoms with E-state index in [2.05, 4.69) is 16.0 Å². The molecule has 3 saturated heterocycles. The van der Waals surface area contributed by atoms with Crippen LogP contribution in [0, 0.1) is 29.6 Å². The number of halogens is 7. The number of hydrogen-bond donors (Lipinski definition) is 3. The predicted octanol–water partition coefficient (Wildman–Crippen LogP) is 5.05. The first-order valence-electron chi connectivity index (χ1n) is 37.4. The van der Waals surface area contributed by atoms with Crippen molar-refractivity contribution in [3.05, 3.63) is 0 Å². The maximum absolute atomic E-state index is 16.1. The smallest absolute Gasteiger partial charge is 0.377 e. The Balaban J connectivity index is 1.31. The van der Waals surface area contributed by atoms with Crippen LogP contribution in [0.5, 0.6) is 0 Å². The molecule has 3 N–H and O–H groups in total. The first-order chi connectivity index (χ1) is 48.9. The summed E-state index contributed by atoms with van der Waals surface area (Å²) < 4.78 is 110. The topological polar surface area (TPSA) is 279 Å². The van der Waals surface area contributed by atoms with E-state index in [9.17, 15) is 46.3 Å². The highest BCUT2D eigenvalue weighted by atomic mass is 19.4. The number of ether oxygens (including phenoxy) is 1. The number of carbonyl (C=O) groups is 12. The van der Waals surface area contributed by atoms with E-state index >= 15 is 41.9 Å². The van der Waals surface area contributed by atoms with Gasteiger partial charge in [0.15, 0.2) is 0 Å². The second-order valence-corrected chi connectivity index (χ2v) is 30.7. The third kappa shape index (κ3) is 19.8. The zero-order valence-electron chi connectivity index (χ0n) is 62.7. The molecule has 4 saturated carbocycles. The molecule has 2 bridgehead atoms. The molecule has 5 unspecified atom stereocenters. The quantitative estimate of drug-likeness (QED) is 0.216. The molecule has 104 heavy (non-hydrogen) atoms. The molecule has 7 aliphatic rings. The summed E-state index contributed by atoms with van der Waals surface area (Å²) in [6.07, 6.45) is -14.0. The van der Waals surface area contributed by atoms with Crippen LogP contribution in [0.1, 0.15) is 175 Å². The third-order valence-corrected chi connectivity index (χ3v) is 23.4. The Labute approximate surface area is 606 Å². The number of rotatable bonds is 12. The van der Waals surface area contributed by atoms with Gasteiger partial charge in [-0.1, -0.05) is 52.9 Å². The second kappa shape index (κ2) is 36.6. The van der Waals surface area contributed by atoms with Crippen LogP contribution >= 0.6 is 0 Å². The molecule has 32 heteroatoms. The van der Waals surface area contributed by atoms with Crippen molar-refractivity contribution in [3.63, 3.8) is 0 Å². The molecule has 0 aromatic rings. The molecule has 7 rings (SSSR count). The number of nitrogens with one attached hydrogen (secondary N) is 3. The van der Waals surface area contributed by atoms with Gasteiger partial charge in [-0.05, 0) is 127 Å². The lowest BCUT2D eigenvalue weighted by Gasteiger charge is -2.46. The molecule has 3 aliphatic heterocycles. The van der Waals surface area contributed by atoms with E-state index in [4.69, 9.17) is 4.74 Å². The lowest BCUT2D eigenvalue weighted by atomic mass is 9.74. The van der Waals surface area contributed by atoms with E-state index in [1.165, 1.54) is 71.1 Å². The van der Waals surface area contributed by atoms with Gasteiger partial charge in [0.05, 0.1) is 25.6 Å². The average Bonchev–Trinajstić information content (AvgIpc) is 1.21. The van der Waals surface area contributed by atoms with Crippen molar-refractivity contribution in [3.8, 4) is 0 Å². The van der Waals surface area contributed by atoms with Crippen LogP contribution in [-0.2, 0) is 62.3 Å². The zero-order chi connectivity index (χ0) is 77.1. The van der Waals surface area contributed by atoms with Gasteiger partial charge in [-0.15, -0.1) is 0 Å². The first-order valence-corrected chi connectivity index (χ1v) is 37.4. The van der Waals surface area contributed by atoms with Crippen LogP contribution in [0.15, 0.2) is 0 Å². The van der Waals surface area contributed by atoms with Gasteiger partial charge in [-0.3, -0.25) is 57.5 Å². The van der Waals surface area contributed by atoms with Crippen LogP contribution in [0.2, 0.25) is 0 Å². The van der Waals surface area contributed by atoms with Crippen LogP contribution in [0.25, 0.3) is 0 Å². The van der Waals surface area contributed by atoms with Crippen molar-refractivity contribution < 1.29 is 93.0 Å². The van der Waals surface area contributed by atoms with Crippen LogP contribution in [0.3, 0.4) is 0 Å². The van der Waals surface area contributed by atoms with E-state index in [1.807, 2.05) is 0 Å². The fourth-order valence-corrected chi connectivity index (χ4v) is 16.7. The number of fused-ring (bicyclic) bond motifs is 3. The van der Waals surface area contributed by atoms with Crippen molar-refractivity contribution in [2.24, 2.45) is 29.6 Å². The summed E-state index contributed by atoms with van der Waals surface area (Å²) >= 11 is 0. The molecule has 12 amide bonds. The highest BCUT2D eigenvalue weighted by Gasteiger charge is 2.56. The fourth-order valence-electron chi connectivity index (χ4n) is 16.7. The summed E-state index contributed by atoms with van der Waals surface area (Å²) in [5.74, 6) is -15.4. The molecule has 15 atom stereocenters. The molecule has 0 aromatic heterocycles. The van der Waals surface area contributed by atoms with Crippen LogP contribution in [0.4, 0.5) is 30.7 Å². The monoisotopic (exact) mass is 1490 g/mol. The molecule has 25 nitrogen and oxygen atoms in total. The van der Waals surface area contributed by atoms with E-state index in [-0.39, 0.29) is 77.5 Å². The molecule has 1 spiro atoms. The van der Waals surface area contributed by atoms with E-state index < -0.39 is 237 Å². The summed E-state index contributed by atoms with van der Waals surface area (Å²) in [7, 11) is 10.9. The second-order valence-electron chi connectivity index (χ2n) is 30.7. The van der Waals surface area contributed by atoms with Gasteiger partial charge >= 0.3 is 6.18 Å². The summed E-state index contributed by atoms with van der Waals surface area (Å²) in [6.45, 7) is 5.03. The Morgan fingerprint density at radius 2 is 1.26 bits per heavy atom. The number of hydrogen-bond acceptors (Lipinski definition) is 13. The number of carbonyl (C=O) groups excluding carboxylic acids is 12. The minimum atomic E-state index is -5.20. The SMILES string of the molecule is CCO[C@@H]1C[C@H]2C(=O)NC3(CCC3)C(=O)N(C)[C@@H](C3CCCC3)C(=O)N(C)[C@H](C(=O)N(C)C)CC(=O)N(C)[C@@H](CC)C(=O)N[C@@H]([C@@H](C)CC)C(=O)N(C)CC(=O)N(C)[C@H]3CCCCCN(C3=O)[C@@H](CC3CCC(F)CC3F)C(=O)N(C)CC(=O)N[C@@H](CCC3CC(F)C(C(F)(F)F)C(F)C3)C(=O)N2C1. The largest absolute Gasteiger partial charge is 0.397 e. The lowest BCUT2D eigenvalue weighted by Crippen LogP contribution is -2.68. The van der Waals surface area contributed by atoms with Gasteiger partial charge in [0.25, 0.3) is 0 Å². The Kier molecular flexibility index (Phi) is 29.7. The Bertz CT molecular complexity index is 3060. The van der Waals surface area contributed by atoms with Gasteiger partial charge in [0.1, 0.15) is 84.5 Å². The van der Waals surface area contributed by atoms with Gasteiger partial charge in [0.2, 0.25) is 70.9 Å². The summed E-state index contributed by atoms with van der Waals surface area (Å²) in [4.78, 5) is 190. The molecule has 4 aliphatic carbocycles. The van der Waals surface area contributed by atoms with Crippen molar-refractivity contribution in [1.82, 2.24) is 60.0 Å². The van der Waals surface area contributed by atoms with Gasteiger partial charge in [-0.25, -0.2) is 17.6 Å². The molecule has 0 aromatic carbocycles. The van der Waals surface area contributed by atoms with Crippen molar-refractivity contribution in [2.75, 3.05) is 89.2 Å². The normalized spacial score (nSPS) is 33.1. The predicted molar refractivity (Wildman–Crippen MR) is 368 cm³/mol. The maximum atomic E-state index is 16.1. The van der Waals surface area contributed by atoms with E-state index in [0.29, 0.717) is 57.8 Å². The van der Waals surface area contributed by atoms with E-state index in [1.54, 1.807) is 27.7 Å². The molecule has 588 valence electrons. The average molecular weight is 1490 g/mol. The van der Waals surface area contributed by atoms with Gasteiger partial charge < -0.3 is 64.8 Å². The Morgan fingerprint density at radius 1 is 0.625 bits per heavy atom. The molecular weight excluding hydrogens is 1370 g/mol. The minimum absolute atomic E-state index is 0.0107. The van der Waals surface area contributed by atoms with Crippen molar-refractivity contribution in [2.45, 2.75) is 266 Å². The highest BCUT2D eigenvalue weighted by Crippen LogP contribution is 2.45. The number of alkyl halides is 7. The standard InChI is InChI=1S/C72H113F7N12O13/c1-13-41(4)60-68(101)85(8)40-58(94)87(10)52-24-17-16-20-31-90(67(52)100)55(34-44-26-27-45(73)35-47(44)74)66(99)84(7)39-56(92)80-50(28-25-42-32-48(75)59(49(76)33-42)72(77,78)79)64(97)91-38-46(104-15-3)36-53(91)63(96)82-71(29-21-30-71)70(103)89(12)61(43-22-18-19-23-43)69(102)88(11)54(65(98)83(5)6)37-57(93)86(9)51(14-2)62(95)81-60/h41-55,59-61H,13-40H2,1-12H3,(H,80,92)(H,81,95)(H,82,96)/t41-,42?,44?,45?,46+,47?,48?,49?,50-,51-,52-,53-,54-,55-,59?,60-,61-/m0/s1. The fraction of sp³-hybridized carbons (Fsp3) is 0.833. The summed E-state index contributed by atoms with van der Waals surface area (Å²) in [5, 5.41) is 8.37. The third-order valence-electron chi connectivity index (χ3n) is 23.4. The van der Waals surface area contributed by atoms with Gasteiger partial charge in [0, 0.05) is 88.9 Å². The van der Waals surface area contributed by atoms with Crippen LogP contribution < -0.4 is 16.0 Å². The summed E-state index contributed by atoms with van der Waals surface area (Å²) in [6, 6.07) is -11.2. The highest BCUT2D eigenvalue weighted by molar-refractivity contribution is 6.01. The zero-order valence-corrected chi connectivity index (χ0v) is 62.7. The first kappa shape index (κ1) is 84.4. The lowest BCUT2D eigenvalue weighted by molar-refractivity contribution is -0.219. The van der Waals surface area contributed by atoms with Gasteiger partial charge in [-0.2, -0.15) is 13.2 Å². The summed E-state index contributed by atoms with van der Waals surface area (Å²) in [5.41, 5.74) is -1.68. The number of nitrogens with zero attached hydrogens (tertiary/aromatic N) is 9. The molecular formula is C72H113F7N12O13. The number of likely N-dealkylation sites (N-methyl/N-ethyl adjacent to an activating group) is 7. The molecule has 3 heterocycles. The minimum Gasteiger partial charge on any atom is -0.377 e. The number of amides is 12. The van der Waals surface area contributed by atoms with E-state index in [0.717, 1.165) is 29.4 Å². The molecule has 0 radical (unpaired) electrons. The van der Waals surface area contributed by atoms with Crippen LogP contribution in [-0.4, -0.2) is 295 Å². The van der Waals surface area contributed by atoms with Crippen molar-refractivity contribution in [1.29, 1.82) is 0 Å². The molecule has 7 fully saturated rings. The Hall–Kier alpha value is -6.89. The Morgan fingerprint density at radius 3 is 1.84 bits per heavy atom. The van der Waals surface area contributed by atoms with Crippen molar-refractivity contribution >= 4 is 70.9 Å².